The molecule has 3 N–H and O–H groups in total. The number of carboxylic acid groups (broad SMARTS) is 1. The van der Waals surface area contributed by atoms with E-state index in [9.17, 15) is 13.2 Å². The van der Waals surface area contributed by atoms with Crippen LogP contribution in [-0.2, 0) is 14.8 Å². The number of aliphatic hydroxyl groups excluding tert-OH is 1. The van der Waals surface area contributed by atoms with Gasteiger partial charge in [0.15, 0.2) is 0 Å². The van der Waals surface area contributed by atoms with E-state index >= 15 is 0 Å². The molecule has 1 unspecified atom stereocenters. The van der Waals surface area contributed by atoms with Gasteiger partial charge in [0, 0.05) is 4.47 Å². The second kappa shape index (κ2) is 5.79. The van der Waals surface area contributed by atoms with E-state index in [1.807, 2.05) is 4.72 Å². The number of nitrogens with one attached hydrogen (secondary N) is 1. The van der Waals surface area contributed by atoms with E-state index in [1.54, 1.807) is 19.1 Å². The fourth-order valence-corrected chi connectivity index (χ4v) is 3.24. The van der Waals surface area contributed by atoms with E-state index < -0.39 is 28.6 Å². The van der Waals surface area contributed by atoms with Gasteiger partial charge in [-0.1, -0.05) is 22.0 Å². The Morgan fingerprint density at radius 2 is 2.11 bits per heavy atom. The monoisotopic (exact) mass is 337 g/mol. The lowest BCUT2D eigenvalue weighted by Crippen LogP contribution is -2.43. The van der Waals surface area contributed by atoms with Crippen molar-refractivity contribution < 1.29 is 23.4 Å². The molecule has 8 heteroatoms. The first-order valence-corrected chi connectivity index (χ1v) is 7.17. The topological polar surface area (TPSA) is 104 Å². The van der Waals surface area contributed by atoms with Crippen molar-refractivity contribution in [1.82, 2.24) is 4.72 Å². The average molecular weight is 338 g/mol. The highest BCUT2D eigenvalue weighted by Crippen LogP contribution is 2.20. The largest absolute Gasteiger partial charge is 0.480 e. The number of hydrogen-bond donors (Lipinski definition) is 3. The number of sulfonamides is 1. The molecule has 1 rings (SSSR count). The van der Waals surface area contributed by atoms with Crippen LogP contribution in [0.3, 0.4) is 0 Å². The van der Waals surface area contributed by atoms with Crippen LogP contribution in [0.2, 0.25) is 0 Å². The minimum atomic E-state index is -3.99. The summed E-state index contributed by atoms with van der Waals surface area (Å²) in [7, 11) is -3.99. The lowest BCUT2D eigenvalue weighted by molar-refractivity contribution is -0.139. The van der Waals surface area contributed by atoms with Crippen LogP contribution in [0.1, 0.15) is 5.56 Å². The summed E-state index contributed by atoms with van der Waals surface area (Å²) in [6.45, 7) is 0.775. The van der Waals surface area contributed by atoms with E-state index in [1.165, 1.54) is 6.07 Å². The van der Waals surface area contributed by atoms with Gasteiger partial charge in [0.2, 0.25) is 10.0 Å². The Kier molecular flexibility index (Phi) is 4.85. The summed E-state index contributed by atoms with van der Waals surface area (Å²) in [6.07, 6.45) is 0. The molecule has 0 aliphatic carbocycles. The van der Waals surface area contributed by atoms with Gasteiger partial charge in [-0.05, 0) is 24.6 Å². The third-order valence-electron chi connectivity index (χ3n) is 2.22. The first-order valence-electron chi connectivity index (χ1n) is 4.90. The molecule has 0 amide bonds. The molecule has 1 atom stereocenters. The Morgan fingerprint density at radius 3 is 2.61 bits per heavy atom. The molecule has 6 nitrogen and oxygen atoms in total. The van der Waals surface area contributed by atoms with Crippen LogP contribution < -0.4 is 4.72 Å². The Balaban J connectivity index is 3.14. The first kappa shape index (κ1) is 15.1. The molecule has 0 heterocycles. The normalized spacial score (nSPS) is 13.3. The minimum Gasteiger partial charge on any atom is -0.480 e. The van der Waals surface area contributed by atoms with Crippen LogP contribution in [0.15, 0.2) is 27.6 Å². The van der Waals surface area contributed by atoms with Crippen molar-refractivity contribution >= 4 is 31.9 Å². The van der Waals surface area contributed by atoms with E-state index in [0.29, 0.717) is 10.0 Å². The van der Waals surface area contributed by atoms with Gasteiger partial charge in [-0.25, -0.2) is 8.42 Å². The second-order valence-corrected chi connectivity index (χ2v) is 6.20. The zero-order chi connectivity index (χ0) is 13.9. The van der Waals surface area contributed by atoms with Crippen molar-refractivity contribution in [3.8, 4) is 0 Å². The third-order valence-corrected chi connectivity index (χ3v) is 4.32. The van der Waals surface area contributed by atoms with Gasteiger partial charge in [-0.15, -0.1) is 0 Å². The number of rotatable bonds is 5. The molecule has 100 valence electrons. The Labute approximate surface area is 113 Å². The van der Waals surface area contributed by atoms with Crippen molar-refractivity contribution in [1.29, 1.82) is 0 Å². The SMILES string of the molecule is Cc1ccc(Br)cc1S(=O)(=O)NC(CO)C(=O)O. The summed E-state index contributed by atoms with van der Waals surface area (Å²) in [4.78, 5) is 10.7. The second-order valence-electron chi connectivity index (χ2n) is 3.60. The Bertz CT molecular complexity index is 557. The van der Waals surface area contributed by atoms with Gasteiger partial charge in [0.05, 0.1) is 11.5 Å². The van der Waals surface area contributed by atoms with Crippen LogP contribution in [0.5, 0.6) is 0 Å². The predicted octanol–water partition coefficient (Wildman–Crippen LogP) is 0.481. The molecule has 0 aromatic heterocycles. The number of benzene rings is 1. The predicted molar refractivity (Wildman–Crippen MR) is 67.7 cm³/mol. The summed E-state index contributed by atoms with van der Waals surface area (Å²) in [5.41, 5.74) is 0.479. The first-order chi connectivity index (χ1) is 8.27. The molecular weight excluding hydrogens is 326 g/mol. The van der Waals surface area contributed by atoms with Crippen LogP contribution >= 0.6 is 15.9 Å². The number of aliphatic carboxylic acids is 1. The molecule has 0 radical (unpaired) electrons. The number of aliphatic hydroxyl groups is 1. The molecular formula is C10H12BrNO5S. The molecule has 0 saturated carbocycles. The maximum Gasteiger partial charge on any atom is 0.324 e. The third kappa shape index (κ3) is 3.52. The molecule has 0 aliphatic heterocycles. The van der Waals surface area contributed by atoms with Gasteiger partial charge in [0.1, 0.15) is 6.04 Å². The van der Waals surface area contributed by atoms with Crippen molar-refractivity contribution in [3.63, 3.8) is 0 Å². The zero-order valence-corrected chi connectivity index (χ0v) is 11.8. The number of carbonyl (C=O) groups is 1. The highest BCUT2D eigenvalue weighted by molar-refractivity contribution is 9.10. The van der Waals surface area contributed by atoms with Gasteiger partial charge in [-0.3, -0.25) is 4.79 Å². The Morgan fingerprint density at radius 1 is 1.50 bits per heavy atom. The molecule has 0 saturated heterocycles. The average Bonchev–Trinajstić information content (AvgIpc) is 2.28. The molecule has 0 aliphatic rings. The summed E-state index contributed by atoms with van der Waals surface area (Å²) < 4.78 is 26.4. The van der Waals surface area contributed by atoms with E-state index in [4.69, 9.17) is 10.2 Å². The number of halogens is 1. The van der Waals surface area contributed by atoms with Crippen molar-refractivity contribution in [2.45, 2.75) is 17.9 Å². The quantitative estimate of drug-likeness (QED) is 0.725. The maximum absolute atomic E-state index is 12.0. The van der Waals surface area contributed by atoms with Gasteiger partial charge in [-0.2, -0.15) is 4.72 Å². The standard InChI is InChI=1S/C10H12BrNO5S/c1-6-2-3-7(11)4-9(6)18(16,17)12-8(5-13)10(14)15/h2-4,8,12-13H,5H2,1H3,(H,14,15). The molecule has 0 bridgehead atoms. The van der Waals surface area contributed by atoms with Crippen LogP contribution in [0, 0.1) is 6.92 Å². The summed E-state index contributed by atoms with van der Waals surface area (Å²) >= 11 is 3.14. The molecule has 0 fully saturated rings. The number of carboxylic acids is 1. The van der Waals surface area contributed by atoms with Crippen molar-refractivity contribution in [2.75, 3.05) is 6.61 Å². The lowest BCUT2D eigenvalue weighted by atomic mass is 10.2. The summed E-state index contributed by atoms with van der Waals surface area (Å²) in [5.74, 6) is -1.44. The van der Waals surface area contributed by atoms with Crippen LogP contribution in [-0.4, -0.2) is 37.2 Å². The fraction of sp³-hybridized carbons (Fsp3) is 0.300. The Hall–Kier alpha value is -0.960. The minimum absolute atomic E-state index is 0.0309. The summed E-state index contributed by atoms with van der Waals surface area (Å²) in [5, 5.41) is 17.5. The number of aryl methyl sites for hydroxylation is 1. The lowest BCUT2D eigenvalue weighted by Gasteiger charge is -2.13. The van der Waals surface area contributed by atoms with Gasteiger partial charge >= 0.3 is 5.97 Å². The van der Waals surface area contributed by atoms with Gasteiger partial charge < -0.3 is 10.2 Å². The molecule has 1 aromatic rings. The summed E-state index contributed by atoms with van der Waals surface area (Å²) in [6, 6.07) is 3.07. The smallest absolute Gasteiger partial charge is 0.324 e. The van der Waals surface area contributed by atoms with E-state index in [0.717, 1.165) is 0 Å². The van der Waals surface area contributed by atoms with Crippen LogP contribution in [0.25, 0.3) is 0 Å². The molecule has 0 spiro atoms. The van der Waals surface area contributed by atoms with E-state index in [-0.39, 0.29) is 4.90 Å². The molecule has 1 aromatic carbocycles. The zero-order valence-electron chi connectivity index (χ0n) is 9.42. The van der Waals surface area contributed by atoms with E-state index in [2.05, 4.69) is 15.9 Å². The van der Waals surface area contributed by atoms with Crippen molar-refractivity contribution in [2.24, 2.45) is 0 Å². The highest BCUT2D eigenvalue weighted by Gasteiger charge is 2.25. The number of hydrogen-bond acceptors (Lipinski definition) is 4. The molecule has 18 heavy (non-hydrogen) atoms. The van der Waals surface area contributed by atoms with Crippen LogP contribution in [0.4, 0.5) is 0 Å². The maximum atomic E-state index is 12.0. The highest BCUT2D eigenvalue weighted by atomic mass is 79.9. The fourth-order valence-electron chi connectivity index (χ4n) is 1.28. The van der Waals surface area contributed by atoms with Gasteiger partial charge in [0.25, 0.3) is 0 Å². The van der Waals surface area contributed by atoms with Crippen molar-refractivity contribution in [3.05, 3.63) is 28.2 Å².